The van der Waals surface area contributed by atoms with E-state index in [1.165, 1.54) is 11.1 Å². The van der Waals surface area contributed by atoms with Crippen LogP contribution in [0.1, 0.15) is 23.6 Å². The van der Waals surface area contributed by atoms with Gasteiger partial charge >= 0.3 is 0 Å². The number of nitrogens with zero attached hydrogens (tertiary/aromatic N) is 3. The second-order valence-corrected chi connectivity index (χ2v) is 5.53. The smallest absolute Gasteiger partial charge is 0.159 e. The second kappa shape index (κ2) is 6.89. The van der Waals surface area contributed by atoms with Crippen molar-refractivity contribution in [2.45, 2.75) is 25.7 Å². The molecular weight excluding hydrogens is 290 g/mol. The molecule has 0 spiro atoms. The van der Waals surface area contributed by atoms with E-state index in [0.29, 0.717) is 6.42 Å². The lowest BCUT2D eigenvalue weighted by molar-refractivity contribution is -0.111. The molecule has 5 nitrogen and oxygen atoms in total. The zero-order chi connectivity index (χ0) is 16.2. The molecule has 3 aromatic rings. The summed E-state index contributed by atoms with van der Waals surface area (Å²) < 4.78 is 12.8. The predicted molar refractivity (Wildman–Crippen MR) is 89.3 cm³/mol. The van der Waals surface area contributed by atoms with E-state index in [1.807, 2.05) is 41.1 Å². The van der Waals surface area contributed by atoms with Crippen LogP contribution in [0.5, 0.6) is 0 Å². The molecule has 2 aromatic carbocycles. The molecule has 0 fully saturated rings. The van der Waals surface area contributed by atoms with Gasteiger partial charge in [0.15, 0.2) is 6.29 Å². The maximum atomic E-state index is 5.42. The third-order valence-electron chi connectivity index (χ3n) is 4.16. The van der Waals surface area contributed by atoms with Gasteiger partial charge in [0, 0.05) is 20.6 Å². The lowest BCUT2D eigenvalue weighted by Crippen LogP contribution is -2.23. The lowest BCUT2D eigenvalue weighted by atomic mass is 9.98. The molecule has 0 amide bonds. The fourth-order valence-corrected chi connectivity index (χ4v) is 2.91. The minimum Gasteiger partial charge on any atom is -0.356 e. The van der Waals surface area contributed by atoms with Crippen LogP contribution in [-0.2, 0) is 9.47 Å². The average Bonchev–Trinajstić information content (AvgIpc) is 3.01. The maximum Gasteiger partial charge on any atom is 0.159 e. The van der Waals surface area contributed by atoms with Crippen molar-refractivity contribution >= 4 is 11.0 Å². The van der Waals surface area contributed by atoms with Gasteiger partial charge in [-0.15, -0.1) is 5.10 Å². The van der Waals surface area contributed by atoms with Crippen molar-refractivity contribution < 1.29 is 9.47 Å². The average molecular weight is 311 g/mol. The molecule has 5 heteroatoms. The number of rotatable bonds is 6. The van der Waals surface area contributed by atoms with E-state index in [9.17, 15) is 0 Å². The van der Waals surface area contributed by atoms with Crippen molar-refractivity contribution in [2.75, 3.05) is 14.2 Å². The van der Waals surface area contributed by atoms with Gasteiger partial charge in [-0.3, -0.25) is 0 Å². The molecule has 3 rings (SSSR count). The molecule has 0 aliphatic rings. The summed E-state index contributed by atoms with van der Waals surface area (Å²) >= 11 is 0. The first-order chi connectivity index (χ1) is 11.2. The van der Waals surface area contributed by atoms with Crippen LogP contribution in [-0.4, -0.2) is 35.5 Å². The van der Waals surface area contributed by atoms with E-state index in [1.54, 1.807) is 14.2 Å². The van der Waals surface area contributed by atoms with Crippen molar-refractivity contribution in [3.8, 4) is 0 Å². The third kappa shape index (κ3) is 3.11. The number of hydrogen-bond acceptors (Lipinski definition) is 4. The SMILES string of the molecule is COC(CC(c1ccccc1C)n1nnc2ccccc21)OC. The van der Waals surface area contributed by atoms with Crippen LogP contribution in [0.15, 0.2) is 48.5 Å². The summed E-state index contributed by atoms with van der Waals surface area (Å²) in [6, 6.07) is 16.3. The van der Waals surface area contributed by atoms with E-state index in [0.717, 1.165) is 11.0 Å². The monoisotopic (exact) mass is 311 g/mol. The maximum absolute atomic E-state index is 5.42. The lowest BCUT2D eigenvalue weighted by Gasteiger charge is -2.24. The topological polar surface area (TPSA) is 49.2 Å². The highest BCUT2D eigenvalue weighted by molar-refractivity contribution is 5.74. The summed E-state index contributed by atoms with van der Waals surface area (Å²) in [5.41, 5.74) is 4.30. The molecule has 0 saturated carbocycles. The minimum absolute atomic E-state index is 0.00602. The van der Waals surface area contributed by atoms with Crippen LogP contribution in [0, 0.1) is 6.92 Å². The molecule has 0 saturated heterocycles. The van der Waals surface area contributed by atoms with Crippen LogP contribution in [0.3, 0.4) is 0 Å². The highest BCUT2D eigenvalue weighted by atomic mass is 16.7. The molecule has 1 atom stereocenters. The minimum atomic E-state index is -0.303. The summed E-state index contributed by atoms with van der Waals surface area (Å²) in [5.74, 6) is 0. The Balaban J connectivity index is 2.10. The Morgan fingerprint density at radius 1 is 1.00 bits per heavy atom. The number of aromatic nitrogens is 3. The van der Waals surface area contributed by atoms with E-state index < -0.39 is 0 Å². The molecule has 1 heterocycles. The number of para-hydroxylation sites is 1. The Kier molecular flexibility index (Phi) is 4.69. The van der Waals surface area contributed by atoms with Crippen LogP contribution in [0.25, 0.3) is 11.0 Å². The summed E-state index contributed by atoms with van der Waals surface area (Å²) in [6.45, 7) is 2.11. The molecule has 0 radical (unpaired) electrons. The van der Waals surface area contributed by atoms with Gasteiger partial charge in [0.1, 0.15) is 5.52 Å². The van der Waals surface area contributed by atoms with E-state index in [-0.39, 0.29) is 12.3 Å². The quantitative estimate of drug-likeness (QED) is 0.655. The number of fused-ring (bicyclic) bond motifs is 1. The Bertz CT molecular complexity index is 781. The number of aryl methyl sites for hydroxylation is 1. The van der Waals surface area contributed by atoms with Gasteiger partial charge in [0.2, 0.25) is 0 Å². The Labute approximate surface area is 135 Å². The summed E-state index contributed by atoms with van der Waals surface area (Å²) in [7, 11) is 3.31. The first-order valence-electron chi connectivity index (χ1n) is 7.65. The highest BCUT2D eigenvalue weighted by Crippen LogP contribution is 2.29. The zero-order valence-corrected chi connectivity index (χ0v) is 13.6. The first kappa shape index (κ1) is 15.6. The van der Waals surface area contributed by atoms with E-state index >= 15 is 0 Å². The van der Waals surface area contributed by atoms with Crippen molar-refractivity contribution in [1.82, 2.24) is 15.0 Å². The standard InChI is InChI=1S/C18H21N3O2/c1-13-8-4-5-9-14(13)17(12-18(22-2)23-3)21-16-11-7-6-10-15(16)19-20-21/h4-11,17-18H,12H2,1-3H3. The Morgan fingerprint density at radius 3 is 2.43 bits per heavy atom. The number of methoxy groups -OCH3 is 2. The molecule has 0 aliphatic heterocycles. The third-order valence-corrected chi connectivity index (χ3v) is 4.16. The van der Waals surface area contributed by atoms with Crippen LogP contribution in [0.2, 0.25) is 0 Å². The molecule has 23 heavy (non-hydrogen) atoms. The summed E-state index contributed by atoms with van der Waals surface area (Å²) in [6.07, 6.45) is 0.355. The van der Waals surface area contributed by atoms with Gasteiger partial charge in [0.25, 0.3) is 0 Å². The highest BCUT2D eigenvalue weighted by Gasteiger charge is 2.23. The summed E-state index contributed by atoms with van der Waals surface area (Å²) in [4.78, 5) is 0. The second-order valence-electron chi connectivity index (χ2n) is 5.53. The zero-order valence-electron chi connectivity index (χ0n) is 13.6. The number of benzene rings is 2. The molecule has 0 bridgehead atoms. The van der Waals surface area contributed by atoms with Gasteiger partial charge in [-0.25, -0.2) is 4.68 Å². The first-order valence-corrected chi connectivity index (χ1v) is 7.65. The predicted octanol–water partition coefficient (Wildman–Crippen LogP) is 3.34. The molecular formula is C18H21N3O2. The van der Waals surface area contributed by atoms with E-state index in [2.05, 4.69) is 29.4 Å². The van der Waals surface area contributed by atoms with Crippen molar-refractivity contribution in [2.24, 2.45) is 0 Å². The van der Waals surface area contributed by atoms with Gasteiger partial charge in [-0.1, -0.05) is 41.6 Å². The normalized spacial score (nSPS) is 12.9. The fraction of sp³-hybridized carbons (Fsp3) is 0.333. The molecule has 0 N–H and O–H groups in total. The van der Waals surface area contributed by atoms with Crippen LogP contribution in [0.4, 0.5) is 0 Å². The van der Waals surface area contributed by atoms with Gasteiger partial charge in [-0.05, 0) is 30.2 Å². The number of hydrogen-bond donors (Lipinski definition) is 0. The largest absolute Gasteiger partial charge is 0.356 e. The Hall–Kier alpha value is -2.24. The molecule has 1 aromatic heterocycles. The fourth-order valence-electron chi connectivity index (χ4n) is 2.91. The molecule has 120 valence electrons. The van der Waals surface area contributed by atoms with Gasteiger partial charge < -0.3 is 9.47 Å². The Morgan fingerprint density at radius 2 is 1.70 bits per heavy atom. The van der Waals surface area contributed by atoms with Crippen molar-refractivity contribution in [1.29, 1.82) is 0 Å². The van der Waals surface area contributed by atoms with E-state index in [4.69, 9.17) is 9.47 Å². The van der Waals surface area contributed by atoms with Crippen LogP contribution < -0.4 is 0 Å². The van der Waals surface area contributed by atoms with Crippen molar-refractivity contribution in [3.63, 3.8) is 0 Å². The van der Waals surface area contributed by atoms with Crippen molar-refractivity contribution in [3.05, 3.63) is 59.7 Å². The van der Waals surface area contributed by atoms with Gasteiger partial charge in [0.05, 0.1) is 11.6 Å². The van der Waals surface area contributed by atoms with Gasteiger partial charge in [-0.2, -0.15) is 0 Å². The summed E-state index contributed by atoms with van der Waals surface area (Å²) in [5, 5.41) is 8.68. The van der Waals surface area contributed by atoms with Crippen LogP contribution >= 0.6 is 0 Å². The molecule has 1 unspecified atom stereocenters. The molecule has 0 aliphatic carbocycles. The number of ether oxygens (including phenoxy) is 2.